The zero-order valence-corrected chi connectivity index (χ0v) is 11.4. The van der Waals surface area contributed by atoms with E-state index in [9.17, 15) is 14.5 Å². The molecule has 5 nitrogen and oxygen atoms in total. The van der Waals surface area contributed by atoms with E-state index >= 15 is 0 Å². The van der Waals surface area contributed by atoms with Gasteiger partial charge in [-0.15, -0.1) is 0 Å². The van der Waals surface area contributed by atoms with E-state index in [0.29, 0.717) is 11.1 Å². The number of nitrogens with zero attached hydrogens (tertiary/aromatic N) is 2. The summed E-state index contributed by atoms with van der Waals surface area (Å²) >= 11 is 5.59. The van der Waals surface area contributed by atoms with Crippen molar-refractivity contribution in [2.45, 2.75) is 13.8 Å². The van der Waals surface area contributed by atoms with Crippen molar-refractivity contribution < 1.29 is 14.1 Å². The lowest BCUT2D eigenvalue weighted by molar-refractivity contribution is -0.385. The third kappa shape index (κ3) is 2.85. The van der Waals surface area contributed by atoms with Crippen LogP contribution in [0.25, 0.3) is 0 Å². The molecule has 1 aromatic heterocycles. The third-order valence-electron chi connectivity index (χ3n) is 2.67. The summed E-state index contributed by atoms with van der Waals surface area (Å²) in [5, 5.41) is 11.0. The van der Waals surface area contributed by atoms with Crippen molar-refractivity contribution in [2.24, 2.45) is 0 Å². The second-order valence-corrected chi connectivity index (χ2v) is 4.64. The average molecular weight is 297 g/mol. The van der Waals surface area contributed by atoms with Crippen molar-refractivity contribution in [1.29, 1.82) is 0 Å². The summed E-state index contributed by atoms with van der Waals surface area (Å²) in [6.45, 7) is 3.33. The number of halogens is 2. The molecule has 0 N–H and O–H groups in total. The highest BCUT2D eigenvalue weighted by atomic mass is 35.5. The van der Waals surface area contributed by atoms with Crippen molar-refractivity contribution in [3.05, 3.63) is 56.5 Å². The number of aromatic nitrogens is 1. The zero-order valence-electron chi connectivity index (χ0n) is 10.7. The Bertz CT molecular complexity index is 692. The maximum atomic E-state index is 13.6. The largest absolute Gasteiger partial charge is 0.436 e. The van der Waals surface area contributed by atoms with Gasteiger partial charge in [-0.05, 0) is 31.5 Å². The SMILES string of the molecule is Cc1cc(C)c([N+](=O)[O-])cc1Oc1ncc(Cl)cc1F. The number of ether oxygens (including phenoxy) is 1. The molecule has 0 amide bonds. The predicted octanol–water partition coefficient (Wildman–Crippen LogP) is 4.19. The molecule has 0 aliphatic heterocycles. The topological polar surface area (TPSA) is 65.3 Å². The van der Waals surface area contributed by atoms with E-state index in [0.717, 1.165) is 6.07 Å². The van der Waals surface area contributed by atoms with Gasteiger partial charge in [0.1, 0.15) is 5.75 Å². The molecule has 2 aromatic rings. The summed E-state index contributed by atoms with van der Waals surface area (Å²) in [6.07, 6.45) is 1.23. The molecule has 0 spiro atoms. The standard InChI is InChI=1S/C13H10ClFN2O3/c1-7-3-8(2)12(5-11(7)17(18)19)20-13-10(15)4-9(14)6-16-13/h3-6H,1-2H3. The summed E-state index contributed by atoms with van der Waals surface area (Å²) in [5.74, 6) is -0.841. The quantitative estimate of drug-likeness (QED) is 0.629. The summed E-state index contributed by atoms with van der Waals surface area (Å²) in [4.78, 5) is 14.1. The van der Waals surface area contributed by atoms with Gasteiger partial charge in [-0.25, -0.2) is 9.37 Å². The van der Waals surface area contributed by atoms with Gasteiger partial charge < -0.3 is 4.74 Å². The Morgan fingerprint density at radius 2 is 2.00 bits per heavy atom. The van der Waals surface area contributed by atoms with Gasteiger partial charge in [-0.2, -0.15) is 0 Å². The number of hydrogen-bond acceptors (Lipinski definition) is 4. The number of rotatable bonds is 3. The summed E-state index contributed by atoms with van der Waals surface area (Å²) in [7, 11) is 0. The Morgan fingerprint density at radius 3 is 2.60 bits per heavy atom. The van der Waals surface area contributed by atoms with Gasteiger partial charge in [-0.1, -0.05) is 11.6 Å². The van der Waals surface area contributed by atoms with E-state index in [1.807, 2.05) is 0 Å². The van der Waals surface area contributed by atoms with Crippen LogP contribution >= 0.6 is 11.6 Å². The molecule has 1 heterocycles. The van der Waals surface area contributed by atoms with Gasteiger partial charge in [0.2, 0.25) is 0 Å². The second-order valence-electron chi connectivity index (χ2n) is 4.20. The Kier molecular flexibility index (Phi) is 3.85. The monoisotopic (exact) mass is 296 g/mol. The Morgan fingerprint density at radius 1 is 1.30 bits per heavy atom. The van der Waals surface area contributed by atoms with Crippen LogP contribution in [-0.2, 0) is 0 Å². The van der Waals surface area contributed by atoms with Crippen molar-refractivity contribution in [3.8, 4) is 11.6 Å². The Balaban J connectivity index is 2.43. The van der Waals surface area contributed by atoms with Crippen LogP contribution in [0.3, 0.4) is 0 Å². The molecule has 2 rings (SSSR count). The van der Waals surface area contributed by atoms with E-state index in [1.54, 1.807) is 19.9 Å². The molecule has 0 saturated heterocycles. The fourth-order valence-electron chi connectivity index (χ4n) is 1.71. The number of hydrogen-bond donors (Lipinski definition) is 0. The van der Waals surface area contributed by atoms with Crippen LogP contribution in [0.1, 0.15) is 11.1 Å². The molecule has 0 fully saturated rings. The fourth-order valence-corrected chi connectivity index (χ4v) is 1.85. The van der Waals surface area contributed by atoms with Gasteiger partial charge in [0.15, 0.2) is 5.82 Å². The normalized spacial score (nSPS) is 10.4. The van der Waals surface area contributed by atoms with E-state index in [-0.39, 0.29) is 22.3 Å². The highest BCUT2D eigenvalue weighted by Gasteiger charge is 2.16. The molecule has 20 heavy (non-hydrogen) atoms. The van der Waals surface area contributed by atoms with Gasteiger partial charge in [0.25, 0.3) is 11.6 Å². The van der Waals surface area contributed by atoms with Gasteiger partial charge in [0, 0.05) is 11.8 Å². The second kappa shape index (κ2) is 5.42. The van der Waals surface area contributed by atoms with E-state index in [1.165, 1.54) is 12.3 Å². The van der Waals surface area contributed by atoms with Crippen LogP contribution in [0.2, 0.25) is 5.02 Å². The predicted molar refractivity (Wildman–Crippen MR) is 71.8 cm³/mol. The molecule has 0 bridgehead atoms. The first-order valence-corrected chi connectivity index (χ1v) is 6.01. The first-order chi connectivity index (χ1) is 9.38. The minimum atomic E-state index is -0.736. The van der Waals surface area contributed by atoms with Crippen LogP contribution in [0.4, 0.5) is 10.1 Å². The van der Waals surface area contributed by atoms with Crippen LogP contribution < -0.4 is 4.74 Å². The minimum absolute atomic E-state index is 0.0972. The van der Waals surface area contributed by atoms with Gasteiger partial charge >= 0.3 is 0 Å². The third-order valence-corrected chi connectivity index (χ3v) is 2.88. The minimum Gasteiger partial charge on any atom is -0.436 e. The van der Waals surface area contributed by atoms with E-state index < -0.39 is 10.7 Å². The number of aryl methyl sites for hydroxylation is 2. The molecule has 0 aliphatic carbocycles. The first kappa shape index (κ1) is 14.2. The smallest absolute Gasteiger partial charge is 0.276 e. The van der Waals surface area contributed by atoms with E-state index in [4.69, 9.17) is 16.3 Å². The van der Waals surface area contributed by atoms with Crippen molar-refractivity contribution in [3.63, 3.8) is 0 Å². The van der Waals surface area contributed by atoms with Crippen LogP contribution in [0.15, 0.2) is 24.4 Å². The van der Waals surface area contributed by atoms with Crippen molar-refractivity contribution in [1.82, 2.24) is 4.98 Å². The fraction of sp³-hybridized carbons (Fsp3) is 0.154. The molecule has 7 heteroatoms. The molecule has 104 valence electrons. The summed E-state index contributed by atoms with van der Waals surface area (Å²) in [5.41, 5.74) is 1.05. The number of nitro groups is 1. The first-order valence-electron chi connectivity index (χ1n) is 5.63. The molecular weight excluding hydrogens is 287 g/mol. The number of pyridine rings is 1. The molecule has 1 aromatic carbocycles. The van der Waals surface area contributed by atoms with Crippen molar-refractivity contribution >= 4 is 17.3 Å². The van der Waals surface area contributed by atoms with Crippen LogP contribution in [-0.4, -0.2) is 9.91 Å². The molecule has 0 atom stereocenters. The Labute approximate surface area is 119 Å². The maximum absolute atomic E-state index is 13.6. The lowest BCUT2D eigenvalue weighted by atomic mass is 10.1. The zero-order chi connectivity index (χ0) is 14.9. The van der Waals surface area contributed by atoms with Crippen LogP contribution in [0, 0.1) is 29.8 Å². The average Bonchev–Trinajstić information content (AvgIpc) is 2.35. The molecule has 0 radical (unpaired) electrons. The Hall–Kier alpha value is -2.21. The van der Waals surface area contributed by atoms with Crippen molar-refractivity contribution in [2.75, 3.05) is 0 Å². The summed E-state index contributed by atoms with van der Waals surface area (Å²) < 4.78 is 18.9. The van der Waals surface area contributed by atoms with Gasteiger partial charge in [-0.3, -0.25) is 10.1 Å². The molecule has 0 aliphatic rings. The highest BCUT2D eigenvalue weighted by molar-refractivity contribution is 6.30. The number of nitro benzene ring substituents is 1. The van der Waals surface area contributed by atoms with Crippen LogP contribution in [0.5, 0.6) is 11.6 Å². The molecular formula is C13H10ClFN2O3. The molecule has 0 saturated carbocycles. The maximum Gasteiger partial charge on any atom is 0.276 e. The lowest BCUT2D eigenvalue weighted by Crippen LogP contribution is -1.97. The highest BCUT2D eigenvalue weighted by Crippen LogP contribution is 2.32. The summed E-state index contributed by atoms with van der Waals surface area (Å²) in [6, 6.07) is 3.91. The number of benzene rings is 1. The van der Waals surface area contributed by atoms with Gasteiger partial charge in [0.05, 0.1) is 16.0 Å². The molecule has 0 unspecified atom stereocenters. The lowest BCUT2D eigenvalue weighted by Gasteiger charge is -2.09. The van der Waals surface area contributed by atoms with E-state index in [2.05, 4.69) is 4.98 Å².